The van der Waals surface area contributed by atoms with Crippen LogP contribution < -0.4 is 10.9 Å². The number of pyridine rings is 2. The van der Waals surface area contributed by atoms with E-state index >= 15 is 0 Å². The molecule has 28 heavy (non-hydrogen) atoms. The van der Waals surface area contributed by atoms with Crippen LogP contribution in [0.5, 0.6) is 0 Å². The summed E-state index contributed by atoms with van der Waals surface area (Å²) in [5, 5.41) is 8.35. The van der Waals surface area contributed by atoms with Gasteiger partial charge in [0.05, 0.1) is 0 Å². The van der Waals surface area contributed by atoms with Gasteiger partial charge in [0.1, 0.15) is 16.4 Å². The molecular weight excluding hydrogens is 396 g/mol. The smallest absolute Gasteiger partial charge is 0.233 e. The number of hydrogen-bond acceptors (Lipinski definition) is 8. The Morgan fingerprint density at radius 1 is 0.893 bits per heavy atom. The van der Waals surface area contributed by atoms with E-state index in [1.165, 1.54) is 0 Å². The molecule has 1 fully saturated rings. The van der Waals surface area contributed by atoms with Crippen LogP contribution in [0.1, 0.15) is 17.5 Å². The summed E-state index contributed by atoms with van der Waals surface area (Å²) < 4.78 is 10.7. The van der Waals surface area contributed by atoms with Crippen molar-refractivity contribution < 1.29 is 9.47 Å². The predicted molar refractivity (Wildman–Crippen MR) is 114 cm³/mol. The number of hydrogen-bond donors (Lipinski definition) is 2. The number of thiocarbonyl (C=S) groups is 2. The van der Waals surface area contributed by atoms with Gasteiger partial charge in [-0.1, -0.05) is 36.6 Å². The van der Waals surface area contributed by atoms with Crippen molar-refractivity contribution in [3.63, 3.8) is 0 Å². The lowest BCUT2D eigenvalue weighted by Gasteiger charge is -2.18. The summed E-state index contributed by atoms with van der Waals surface area (Å²) in [6.07, 6.45) is 8.32. The minimum atomic E-state index is 0.0196. The topological polar surface area (TPSA) is 93.0 Å². The second-order valence-electron chi connectivity index (χ2n) is 5.74. The summed E-state index contributed by atoms with van der Waals surface area (Å²) in [6, 6.07) is 7.62. The summed E-state index contributed by atoms with van der Waals surface area (Å²) >= 11 is 10.6. The lowest BCUT2D eigenvalue weighted by molar-refractivity contribution is 0.0776. The maximum atomic E-state index is 5.35. The van der Waals surface area contributed by atoms with Crippen molar-refractivity contribution >= 4 is 46.2 Å². The van der Waals surface area contributed by atoms with E-state index in [0.717, 1.165) is 11.1 Å². The zero-order valence-corrected chi connectivity index (χ0v) is 16.5. The summed E-state index contributed by atoms with van der Waals surface area (Å²) in [4.78, 5) is 9.24. The fourth-order valence-corrected chi connectivity index (χ4v) is 2.67. The summed E-state index contributed by atoms with van der Waals surface area (Å²) in [6.45, 7) is 0.0196. The van der Waals surface area contributed by atoms with E-state index in [1.807, 2.05) is 24.3 Å². The molecule has 0 bridgehead atoms. The minimum Gasteiger partial charge on any atom is -0.442 e. The van der Waals surface area contributed by atoms with Gasteiger partial charge in [0, 0.05) is 37.6 Å². The second kappa shape index (κ2) is 10.4. The minimum absolute atomic E-state index is 0.0196. The van der Waals surface area contributed by atoms with Gasteiger partial charge in [-0.05, 0) is 23.3 Å². The van der Waals surface area contributed by atoms with Crippen LogP contribution in [-0.2, 0) is 22.3 Å². The van der Waals surface area contributed by atoms with Crippen LogP contribution in [0.15, 0.2) is 59.3 Å². The van der Waals surface area contributed by atoms with Gasteiger partial charge < -0.3 is 9.47 Å². The van der Waals surface area contributed by atoms with Crippen molar-refractivity contribution in [3.05, 3.63) is 60.2 Å². The van der Waals surface area contributed by atoms with Gasteiger partial charge in [0.2, 0.25) is 18.6 Å². The van der Waals surface area contributed by atoms with Gasteiger partial charge >= 0.3 is 0 Å². The highest BCUT2D eigenvalue weighted by molar-refractivity contribution is 7.80. The molecule has 1 aliphatic rings. The van der Waals surface area contributed by atoms with Crippen molar-refractivity contribution in [1.82, 2.24) is 20.8 Å². The highest BCUT2D eigenvalue weighted by Gasteiger charge is 2.16. The number of nitrogens with one attached hydrogen (secondary N) is 2. The monoisotopic (exact) mass is 414 g/mol. The average molecular weight is 415 g/mol. The maximum Gasteiger partial charge on any atom is 0.233 e. The molecule has 0 unspecified atom stereocenters. The molecule has 1 saturated heterocycles. The molecule has 0 radical (unpaired) electrons. The molecule has 3 rings (SSSR count). The first-order chi connectivity index (χ1) is 13.7. The van der Waals surface area contributed by atoms with Crippen molar-refractivity contribution in [3.8, 4) is 0 Å². The maximum absolute atomic E-state index is 5.35. The van der Waals surface area contributed by atoms with Crippen molar-refractivity contribution in [2.24, 2.45) is 10.2 Å². The van der Waals surface area contributed by atoms with Gasteiger partial charge in [0.15, 0.2) is 0 Å². The van der Waals surface area contributed by atoms with E-state index < -0.39 is 0 Å². The first-order valence-corrected chi connectivity index (χ1v) is 9.25. The molecule has 0 spiro atoms. The molecule has 3 heterocycles. The Hall–Kier alpha value is -2.98. The summed E-state index contributed by atoms with van der Waals surface area (Å²) in [5.41, 5.74) is 7.65. The summed E-state index contributed by atoms with van der Waals surface area (Å²) in [7, 11) is 0. The summed E-state index contributed by atoms with van der Waals surface area (Å²) in [5.74, 6) is 0.858. The largest absolute Gasteiger partial charge is 0.442 e. The Bertz CT molecular complexity index is 803. The molecule has 0 amide bonds. The predicted octanol–water partition coefficient (Wildman–Crippen LogP) is 2.12. The molecule has 10 heteroatoms. The zero-order chi connectivity index (χ0) is 19.6. The molecule has 8 nitrogen and oxygen atoms in total. The quantitative estimate of drug-likeness (QED) is 0.549. The molecule has 0 saturated carbocycles. The molecule has 2 N–H and O–H groups in total. The van der Waals surface area contributed by atoms with E-state index in [-0.39, 0.29) is 13.2 Å². The van der Waals surface area contributed by atoms with Gasteiger partial charge in [-0.3, -0.25) is 20.8 Å². The molecule has 0 atom stereocenters. The third kappa shape index (κ3) is 6.63. The molecule has 0 aliphatic carbocycles. The number of hydrazone groups is 2. The van der Waals surface area contributed by atoms with Crippen molar-refractivity contribution in [2.45, 2.75) is 19.3 Å². The Morgan fingerprint density at radius 3 is 1.82 bits per heavy atom. The van der Waals surface area contributed by atoms with Gasteiger partial charge in [-0.15, -0.1) is 10.2 Å². The Kier molecular flexibility index (Phi) is 7.33. The lowest BCUT2D eigenvalue weighted by Crippen LogP contribution is -2.30. The van der Waals surface area contributed by atoms with E-state index in [2.05, 4.69) is 31.0 Å². The van der Waals surface area contributed by atoms with E-state index in [9.17, 15) is 0 Å². The van der Waals surface area contributed by atoms with Crippen molar-refractivity contribution in [2.75, 3.05) is 6.79 Å². The van der Waals surface area contributed by atoms with E-state index in [0.29, 0.717) is 34.6 Å². The highest BCUT2D eigenvalue weighted by Crippen LogP contribution is 2.04. The SMILES string of the molecule is S=C(Cc1cccnc1)N/N=C1/C/C(=N/NC(=S)Cc2cccnc2)OCO1. The fraction of sp³-hybridized carbons (Fsp3) is 0.222. The van der Waals surface area contributed by atoms with Gasteiger partial charge in [-0.2, -0.15) is 0 Å². The van der Waals surface area contributed by atoms with E-state index in [4.69, 9.17) is 33.9 Å². The number of aromatic nitrogens is 2. The molecule has 2 aromatic rings. The molecular formula is C18H18N6O2S2. The third-order valence-electron chi connectivity index (χ3n) is 3.54. The first-order valence-electron chi connectivity index (χ1n) is 8.43. The first kappa shape index (κ1) is 19.8. The van der Waals surface area contributed by atoms with Gasteiger partial charge in [0.25, 0.3) is 0 Å². The van der Waals surface area contributed by atoms with Crippen LogP contribution in [0, 0.1) is 0 Å². The van der Waals surface area contributed by atoms with E-state index in [1.54, 1.807) is 24.8 Å². The third-order valence-corrected chi connectivity index (χ3v) is 4.01. The zero-order valence-electron chi connectivity index (χ0n) is 14.9. The van der Waals surface area contributed by atoms with Crippen LogP contribution in [0.2, 0.25) is 0 Å². The standard InChI is InChI=1S/C18H18N6O2S2/c27-17(7-13-3-1-5-19-10-13)23-21-15-9-16(26-12-25-15)22-24-18(28)8-14-4-2-6-20-11-14/h1-6,10-11H,7-9,12H2,(H,23,27)(H,24,28)/b21-15-,22-16-. The fourth-order valence-electron chi connectivity index (χ4n) is 2.25. The highest BCUT2D eigenvalue weighted by atomic mass is 32.1. The van der Waals surface area contributed by atoms with Crippen LogP contribution in [-0.4, -0.2) is 38.5 Å². The van der Waals surface area contributed by atoms with Crippen LogP contribution >= 0.6 is 24.4 Å². The number of ether oxygens (including phenoxy) is 2. The average Bonchev–Trinajstić information content (AvgIpc) is 2.73. The molecule has 144 valence electrons. The Balaban J connectivity index is 1.47. The number of nitrogens with zero attached hydrogens (tertiary/aromatic N) is 4. The normalized spacial score (nSPS) is 16.1. The van der Waals surface area contributed by atoms with Crippen LogP contribution in [0.4, 0.5) is 0 Å². The Labute approximate surface area is 173 Å². The van der Waals surface area contributed by atoms with Crippen LogP contribution in [0.25, 0.3) is 0 Å². The lowest BCUT2D eigenvalue weighted by atomic mass is 10.2. The molecule has 1 aliphatic heterocycles. The molecule has 2 aromatic heterocycles. The number of rotatable bonds is 6. The van der Waals surface area contributed by atoms with Crippen LogP contribution in [0.3, 0.4) is 0 Å². The molecule has 0 aromatic carbocycles. The Morgan fingerprint density at radius 2 is 1.39 bits per heavy atom. The van der Waals surface area contributed by atoms with Gasteiger partial charge in [-0.25, -0.2) is 0 Å². The second-order valence-corrected chi connectivity index (χ2v) is 6.73. The van der Waals surface area contributed by atoms with Crippen molar-refractivity contribution in [1.29, 1.82) is 0 Å².